The number of piperidine rings is 1. The Morgan fingerprint density at radius 2 is 1.85 bits per heavy atom. The lowest BCUT2D eigenvalue weighted by atomic mass is 9.74. The molecule has 0 saturated carbocycles. The van der Waals surface area contributed by atoms with Crippen molar-refractivity contribution in [1.82, 2.24) is 25.4 Å². The maximum Gasteiger partial charge on any atom is 0.176 e. The third-order valence-corrected chi connectivity index (χ3v) is 6.00. The van der Waals surface area contributed by atoms with E-state index in [0.717, 1.165) is 24.6 Å². The van der Waals surface area contributed by atoms with Crippen LogP contribution in [0.1, 0.15) is 36.2 Å². The van der Waals surface area contributed by atoms with Gasteiger partial charge in [-0.1, -0.05) is 24.3 Å². The van der Waals surface area contributed by atoms with Crippen LogP contribution in [0.4, 0.5) is 5.82 Å². The van der Waals surface area contributed by atoms with Crippen LogP contribution >= 0.6 is 0 Å². The summed E-state index contributed by atoms with van der Waals surface area (Å²) in [6.07, 6.45) is 4.89. The third kappa shape index (κ3) is 2.48. The molecule has 0 atom stereocenters. The minimum atomic E-state index is 0.373. The average Bonchev–Trinajstić information content (AvgIpc) is 3.28. The van der Waals surface area contributed by atoms with Gasteiger partial charge in [0.2, 0.25) is 0 Å². The predicted octanol–water partition coefficient (Wildman–Crippen LogP) is 3.05. The van der Waals surface area contributed by atoms with Crippen LogP contribution in [0.15, 0.2) is 36.4 Å². The molecule has 1 saturated heterocycles. The van der Waals surface area contributed by atoms with E-state index in [4.69, 9.17) is 0 Å². The summed E-state index contributed by atoms with van der Waals surface area (Å²) >= 11 is 0. The molecule has 132 valence electrons. The van der Waals surface area contributed by atoms with Gasteiger partial charge in [0, 0.05) is 13.1 Å². The number of aromatic nitrogens is 5. The molecule has 3 aromatic rings. The molecule has 3 heterocycles. The van der Waals surface area contributed by atoms with Crippen molar-refractivity contribution in [2.75, 3.05) is 18.0 Å². The van der Waals surface area contributed by atoms with Crippen LogP contribution in [-0.4, -0.2) is 38.5 Å². The zero-order chi connectivity index (χ0) is 17.6. The van der Waals surface area contributed by atoms with E-state index in [1.165, 1.54) is 25.7 Å². The summed E-state index contributed by atoms with van der Waals surface area (Å²) in [5, 5.41) is 15.7. The predicted molar refractivity (Wildman–Crippen MR) is 100 cm³/mol. The number of hydrogen-bond acceptors (Lipinski definition) is 5. The molecular formula is C20H22N6. The van der Waals surface area contributed by atoms with Gasteiger partial charge in [-0.05, 0) is 61.3 Å². The quantitative estimate of drug-likeness (QED) is 0.772. The van der Waals surface area contributed by atoms with Gasteiger partial charge < -0.3 is 4.90 Å². The van der Waals surface area contributed by atoms with Crippen molar-refractivity contribution < 1.29 is 0 Å². The molecular weight excluding hydrogens is 324 g/mol. The first kappa shape index (κ1) is 15.5. The summed E-state index contributed by atoms with van der Waals surface area (Å²) in [6.45, 7) is 3.92. The number of aryl methyl sites for hydroxylation is 2. The van der Waals surface area contributed by atoms with Crippen molar-refractivity contribution in [1.29, 1.82) is 0 Å². The normalized spacial score (nSPS) is 18.3. The van der Waals surface area contributed by atoms with Gasteiger partial charge in [-0.25, -0.2) is 4.98 Å². The second-order valence-corrected chi connectivity index (χ2v) is 7.43. The van der Waals surface area contributed by atoms with Crippen LogP contribution in [0.2, 0.25) is 0 Å². The van der Waals surface area contributed by atoms with E-state index in [1.54, 1.807) is 11.1 Å². The summed E-state index contributed by atoms with van der Waals surface area (Å²) in [5.41, 5.74) is 4.24. The average molecular weight is 346 g/mol. The number of nitrogens with zero attached hydrogens (tertiary/aromatic N) is 5. The fourth-order valence-corrected chi connectivity index (χ4v) is 4.53. The fourth-order valence-electron chi connectivity index (χ4n) is 4.53. The Balaban J connectivity index is 1.32. The summed E-state index contributed by atoms with van der Waals surface area (Å²) in [5.74, 6) is 2.33. The molecule has 2 aromatic heterocycles. The van der Waals surface area contributed by atoms with E-state index in [-0.39, 0.29) is 0 Å². The molecule has 0 bridgehead atoms. The molecule has 1 fully saturated rings. The van der Waals surface area contributed by atoms with Crippen molar-refractivity contribution in [2.24, 2.45) is 0 Å². The number of fused-ring (bicyclic) bond motifs is 2. The van der Waals surface area contributed by atoms with Gasteiger partial charge in [0.25, 0.3) is 0 Å². The van der Waals surface area contributed by atoms with Gasteiger partial charge in [0.1, 0.15) is 11.5 Å². The van der Waals surface area contributed by atoms with E-state index in [0.29, 0.717) is 17.1 Å². The van der Waals surface area contributed by atoms with Crippen molar-refractivity contribution in [3.05, 3.63) is 53.3 Å². The summed E-state index contributed by atoms with van der Waals surface area (Å²) in [4.78, 5) is 6.67. The van der Waals surface area contributed by atoms with E-state index in [9.17, 15) is 0 Å². The molecule has 0 unspecified atom stereocenters. The molecule has 6 heteroatoms. The summed E-state index contributed by atoms with van der Waals surface area (Å²) in [7, 11) is 0. The Bertz CT molecular complexity index is 921. The highest BCUT2D eigenvalue weighted by Crippen LogP contribution is 2.46. The zero-order valence-electron chi connectivity index (χ0n) is 14.9. The van der Waals surface area contributed by atoms with Crippen molar-refractivity contribution in [3.63, 3.8) is 0 Å². The Morgan fingerprint density at radius 1 is 1.00 bits per heavy atom. The van der Waals surface area contributed by atoms with Crippen LogP contribution in [0, 0.1) is 6.92 Å². The molecule has 0 radical (unpaired) electrons. The molecule has 2 aliphatic rings. The van der Waals surface area contributed by atoms with Gasteiger partial charge in [-0.15, -0.1) is 10.2 Å². The number of benzene rings is 1. The molecule has 26 heavy (non-hydrogen) atoms. The van der Waals surface area contributed by atoms with Crippen molar-refractivity contribution in [2.45, 2.75) is 38.0 Å². The maximum atomic E-state index is 4.44. The molecule has 1 spiro atoms. The van der Waals surface area contributed by atoms with Crippen LogP contribution in [-0.2, 0) is 11.8 Å². The number of aromatic amines is 1. The molecule has 1 aromatic carbocycles. The summed E-state index contributed by atoms with van der Waals surface area (Å²) < 4.78 is 0. The third-order valence-electron chi connectivity index (χ3n) is 6.00. The van der Waals surface area contributed by atoms with Crippen molar-refractivity contribution >= 4 is 5.82 Å². The second-order valence-electron chi connectivity index (χ2n) is 7.43. The molecule has 0 amide bonds. The fraction of sp³-hybridized carbons (Fsp3) is 0.400. The van der Waals surface area contributed by atoms with Crippen LogP contribution in [0.25, 0.3) is 11.5 Å². The Labute approximate surface area is 152 Å². The molecule has 1 aliphatic carbocycles. The van der Waals surface area contributed by atoms with E-state index in [1.807, 2.05) is 19.1 Å². The number of hydrogen-bond donors (Lipinski definition) is 1. The monoisotopic (exact) mass is 346 g/mol. The lowest BCUT2D eigenvalue weighted by molar-refractivity contribution is 0.329. The van der Waals surface area contributed by atoms with E-state index >= 15 is 0 Å². The molecule has 1 aliphatic heterocycles. The Morgan fingerprint density at radius 3 is 2.58 bits per heavy atom. The molecule has 1 N–H and O–H groups in total. The molecule has 6 nitrogen and oxygen atoms in total. The number of rotatable bonds is 2. The first-order valence-electron chi connectivity index (χ1n) is 9.30. The van der Waals surface area contributed by atoms with E-state index < -0.39 is 0 Å². The highest BCUT2D eigenvalue weighted by atomic mass is 15.3. The number of H-pyrrole nitrogens is 1. The first-order valence-corrected chi connectivity index (χ1v) is 9.30. The highest BCUT2D eigenvalue weighted by molar-refractivity contribution is 5.51. The SMILES string of the molecule is Cc1n[nH]c(-c2ccc(N3CCC4(CCc5ccccc54)CC3)nn2)n1. The lowest BCUT2D eigenvalue weighted by Gasteiger charge is -2.40. The smallest absolute Gasteiger partial charge is 0.176 e. The minimum Gasteiger partial charge on any atom is -0.355 e. The van der Waals surface area contributed by atoms with Crippen molar-refractivity contribution in [3.8, 4) is 11.5 Å². The van der Waals surface area contributed by atoms with Gasteiger partial charge in [-0.2, -0.15) is 5.10 Å². The highest BCUT2D eigenvalue weighted by Gasteiger charge is 2.41. The number of anilines is 1. The van der Waals surface area contributed by atoms with Gasteiger partial charge in [0.15, 0.2) is 11.6 Å². The van der Waals surface area contributed by atoms with Crippen LogP contribution in [0.5, 0.6) is 0 Å². The molecule has 5 rings (SSSR count). The maximum absolute atomic E-state index is 4.44. The van der Waals surface area contributed by atoms with E-state index in [2.05, 4.69) is 54.5 Å². The Hall–Kier alpha value is -2.76. The minimum absolute atomic E-state index is 0.373. The lowest BCUT2D eigenvalue weighted by Crippen LogP contribution is -2.42. The first-order chi connectivity index (χ1) is 12.7. The zero-order valence-corrected chi connectivity index (χ0v) is 14.9. The van der Waals surface area contributed by atoms with Crippen LogP contribution in [0.3, 0.4) is 0 Å². The second kappa shape index (κ2) is 5.90. The largest absolute Gasteiger partial charge is 0.355 e. The van der Waals surface area contributed by atoms with Gasteiger partial charge in [-0.3, -0.25) is 5.10 Å². The van der Waals surface area contributed by atoms with Gasteiger partial charge >= 0.3 is 0 Å². The van der Waals surface area contributed by atoms with Crippen LogP contribution < -0.4 is 4.90 Å². The number of nitrogens with one attached hydrogen (secondary N) is 1. The van der Waals surface area contributed by atoms with Gasteiger partial charge in [0.05, 0.1) is 0 Å². The topological polar surface area (TPSA) is 70.6 Å². The Kier molecular flexibility index (Phi) is 3.51. The standard InChI is InChI=1S/C20H22N6/c1-14-21-19(25-22-14)17-6-7-18(24-23-17)26-12-10-20(11-13-26)9-8-15-4-2-3-5-16(15)20/h2-7H,8-13H2,1H3,(H,21,22,25). The summed E-state index contributed by atoms with van der Waals surface area (Å²) in [6, 6.07) is 13.0.